The van der Waals surface area contributed by atoms with Gasteiger partial charge in [0, 0.05) is 11.1 Å². The fourth-order valence-corrected chi connectivity index (χ4v) is 3.82. The largest absolute Gasteiger partial charge is 0.507 e. The fraction of sp³-hybridized carbons (Fsp3) is 0.111. The van der Waals surface area contributed by atoms with E-state index < -0.39 is 0 Å². The van der Waals surface area contributed by atoms with Crippen LogP contribution in [0.15, 0.2) is 84.9 Å². The van der Waals surface area contributed by atoms with E-state index in [2.05, 4.69) is 12.1 Å². The summed E-state index contributed by atoms with van der Waals surface area (Å²) in [6.07, 6.45) is 0.724. The summed E-state index contributed by atoms with van der Waals surface area (Å²) in [4.78, 5) is 0. The molecule has 0 saturated heterocycles. The highest BCUT2D eigenvalue weighted by molar-refractivity contribution is 5.74. The van der Waals surface area contributed by atoms with E-state index in [-0.39, 0.29) is 0 Å². The van der Waals surface area contributed by atoms with Crippen LogP contribution in [0, 0.1) is 13.8 Å². The first-order valence-electron chi connectivity index (χ1n) is 9.79. The minimum Gasteiger partial charge on any atom is -0.507 e. The molecule has 0 aliphatic rings. The molecule has 0 aliphatic heterocycles. The molecule has 4 aromatic rings. The summed E-state index contributed by atoms with van der Waals surface area (Å²) in [7, 11) is 0. The van der Waals surface area contributed by atoms with Gasteiger partial charge in [0.2, 0.25) is 0 Å². The van der Waals surface area contributed by atoms with Crippen molar-refractivity contribution in [1.29, 1.82) is 0 Å². The van der Waals surface area contributed by atoms with Crippen LogP contribution in [0.2, 0.25) is 0 Å². The molecule has 2 heteroatoms. The van der Waals surface area contributed by atoms with Gasteiger partial charge >= 0.3 is 0 Å². The highest BCUT2D eigenvalue weighted by Gasteiger charge is 2.13. The van der Waals surface area contributed by atoms with Gasteiger partial charge in [-0.25, -0.2) is 0 Å². The van der Waals surface area contributed by atoms with E-state index in [1.807, 2.05) is 86.6 Å². The molecule has 0 fully saturated rings. The lowest BCUT2D eigenvalue weighted by atomic mass is 9.93. The molecular formula is C27H24O2. The van der Waals surface area contributed by atoms with Gasteiger partial charge in [-0.3, -0.25) is 0 Å². The van der Waals surface area contributed by atoms with Crippen LogP contribution < -0.4 is 0 Å². The second kappa shape index (κ2) is 7.84. The zero-order chi connectivity index (χ0) is 20.4. The first-order chi connectivity index (χ1) is 14.0. The van der Waals surface area contributed by atoms with Crippen LogP contribution in [0.4, 0.5) is 0 Å². The molecule has 0 atom stereocenters. The number of benzene rings is 4. The Hall–Kier alpha value is -3.52. The number of rotatable bonds is 4. The highest BCUT2D eigenvalue weighted by atomic mass is 16.3. The van der Waals surface area contributed by atoms with Gasteiger partial charge in [-0.2, -0.15) is 0 Å². The summed E-state index contributed by atoms with van der Waals surface area (Å²) in [5.74, 6) is 0.652. The molecule has 0 heterocycles. The molecular weight excluding hydrogens is 356 g/mol. The van der Waals surface area contributed by atoms with E-state index in [9.17, 15) is 10.2 Å². The molecule has 2 nitrogen and oxygen atoms in total. The predicted octanol–water partition coefficient (Wildman–Crippen LogP) is 6.64. The minimum absolute atomic E-state index is 0.326. The molecule has 2 N–H and O–H groups in total. The number of hydrogen-bond donors (Lipinski definition) is 2. The summed E-state index contributed by atoms with van der Waals surface area (Å²) < 4.78 is 0. The van der Waals surface area contributed by atoms with Crippen LogP contribution in [0.1, 0.15) is 22.3 Å². The smallest absolute Gasteiger partial charge is 0.126 e. The number of phenolic OH excluding ortho intramolecular Hbond substituents is 2. The topological polar surface area (TPSA) is 40.5 Å². The summed E-state index contributed by atoms with van der Waals surface area (Å²) >= 11 is 0. The second-order valence-corrected chi connectivity index (χ2v) is 7.53. The maximum Gasteiger partial charge on any atom is 0.126 e. The molecule has 4 rings (SSSR count). The van der Waals surface area contributed by atoms with Crippen LogP contribution in [0.25, 0.3) is 22.3 Å². The third-order valence-electron chi connectivity index (χ3n) is 5.30. The Balaban J connectivity index is 1.75. The van der Waals surface area contributed by atoms with Crippen molar-refractivity contribution in [3.05, 3.63) is 107 Å². The second-order valence-electron chi connectivity index (χ2n) is 7.53. The van der Waals surface area contributed by atoms with Crippen molar-refractivity contribution in [1.82, 2.24) is 0 Å². The van der Waals surface area contributed by atoms with Gasteiger partial charge in [-0.1, -0.05) is 72.8 Å². The van der Waals surface area contributed by atoms with Crippen molar-refractivity contribution >= 4 is 0 Å². The lowest BCUT2D eigenvalue weighted by Gasteiger charge is -2.14. The van der Waals surface area contributed by atoms with Crippen LogP contribution in [0.3, 0.4) is 0 Å². The Morgan fingerprint density at radius 2 is 0.931 bits per heavy atom. The van der Waals surface area contributed by atoms with E-state index >= 15 is 0 Å². The van der Waals surface area contributed by atoms with Crippen LogP contribution in [-0.4, -0.2) is 10.2 Å². The Morgan fingerprint density at radius 1 is 0.552 bits per heavy atom. The quantitative estimate of drug-likeness (QED) is 0.417. The van der Waals surface area contributed by atoms with Gasteiger partial charge in [0.05, 0.1) is 0 Å². The van der Waals surface area contributed by atoms with Gasteiger partial charge in [0.1, 0.15) is 11.5 Å². The van der Waals surface area contributed by atoms with Crippen molar-refractivity contribution in [2.45, 2.75) is 20.3 Å². The van der Waals surface area contributed by atoms with Crippen molar-refractivity contribution in [2.24, 2.45) is 0 Å². The minimum atomic E-state index is 0.326. The lowest BCUT2D eigenvalue weighted by Crippen LogP contribution is -1.94. The first-order valence-corrected chi connectivity index (χ1v) is 9.79. The summed E-state index contributed by atoms with van der Waals surface area (Å²) in [5.41, 5.74) is 7.68. The number of aromatic hydroxyl groups is 2. The van der Waals surface area contributed by atoms with Crippen LogP contribution in [-0.2, 0) is 6.42 Å². The first kappa shape index (κ1) is 18.8. The predicted molar refractivity (Wildman–Crippen MR) is 119 cm³/mol. The summed E-state index contributed by atoms with van der Waals surface area (Å²) in [6.45, 7) is 3.87. The maximum absolute atomic E-state index is 10.6. The van der Waals surface area contributed by atoms with Gasteiger partial charge in [-0.05, 0) is 65.8 Å². The molecule has 29 heavy (non-hydrogen) atoms. The average molecular weight is 380 g/mol. The molecule has 0 bridgehead atoms. The van der Waals surface area contributed by atoms with Crippen molar-refractivity contribution in [3.63, 3.8) is 0 Å². The zero-order valence-corrected chi connectivity index (χ0v) is 16.7. The van der Waals surface area contributed by atoms with E-state index in [4.69, 9.17) is 0 Å². The summed E-state index contributed by atoms with van der Waals surface area (Å²) in [6, 6.07) is 28.1. The zero-order valence-electron chi connectivity index (χ0n) is 16.7. The Labute approximate surface area is 171 Å². The third kappa shape index (κ3) is 3.88. The lowest BCUT2D eigenvalue weighted by molar-refractivity contribution is 0.473. The molecule has 4 aromatic carbocycles. The Kier molecular flexibility index (Phi) is 5.09. The molecule has 0 amide bonds. The third-order valence-corrected chi connectivity index (χ3v) is 5.30. The van der Waals surface area contributed by atoms with Crippen LogP contribution in [0.5, 0.6) is 11.5 Å². The van der Waals surface area contributed by atoms with Crippen molar-refractivity contribution < 1.29 is 10.2 Å². The van der Waals surface area contributed by atoms with Gasteiger partial charge in [0.25, 0.3) is 0 Å². The van der Waals surface area contributed by atoms with Gasteiger partial charge < -0.3 is 10.2 Å². The molecule has 0 radical (unpaired) electrons. The fourth-order valence-electron chi connectivity index (χ4n) is 3.82. The van der Waals surface area contributed by atoms with E-state index in [0.29, 0.717) is 11.5 Å². The van der Waals surface area contributed by atoms with E-state index in [1.165, 1.54) is 0 Å². The van der Waals surface area contributed by atoms with Crippen molar-refractivity contribution in [3.8, 4) is 33.8 Å². The van der Waals surface area contributed by atoms with Gasteiger partial charge in [0.15, 0.2) is 0 Å². The monoisotopic (exact) mass is 380 g/mol. The number of phenols is 2. The Bertz CT molecular complexity index is 1050. The van der Waals surface area contributed by atoms with E-state index in [0.717, 1.165) is 50.9 Å². The summed E-state index contributed by atoms with van der Waals surface area (Å²) in [5, 5.41) is 21.2. The molecule has 0 aliphatic carbocycles. The highest BCUT2D eigenvalue weighted by Crippen LogP contribution is 2.36. The standard InChI is InChI=1S/C27H24O2/c1-18-13-20(16-24(26(18)28)22-9-5-3-6-10-22)15-21-14-19(2)27(29)25(17-21)23-11-7-4-8-12-23/h3-14,16-17,28-29H,15H2,1-2H3. The molecule has 144 valence electrons. The molecule has 0 saturated carbocycles. The number of hydrogen-bond acceptors (Lipinski definition) is 2. The Morgan fingerprint density at radius 3 is 1.31 bits per heavy atom. The SMILES string of the molecule is Cc1cc(Cc2cc(C)c(O)c(-c3ccccc3)c2)cc(-c2ccccc2)c1O. The molecule has 0 unspecified atom stereocenters. The van der Waals surface area contributed by atoms with E-state index in [1.54, 1.807) is 0 Å². The van der Waals surface area contributed by atoms with Crippen molar-refractivity contribution in [2.75, 3.05) is 0 Å². The van der Waals surface area contributed by atoms with Crippen LogP contribution >= 0.6 is 0 Å². The molecule has 0 spiro atoms. The molecule has 0 aromatic heterocycles. The average Bonchev–Trinajstić information content (AvgIpc) is 2.74. The normalized spacial score (nSPS) is 10.8. The maximum atomic E-state index is 10.6. The van der Waals surface area contributed by atoms with Gasteiger partial charge in [-0.15, -0.1) is 0 Å². The number of aryl methyl sites for hydroxylation is 2.